The zero-order valence-corrected chi connectivity index (χ0v) is 12.0. The van der Waals surface area contributed by atoms with Gasteiger partial charge in [0.1, 0.15) is 0 Å². The average Bonchev–Trinajstić information content (AvgIpc) is 2.92. The molecule has 2 heterocycles. The zero-order valence-electron chi connectivity index (χ0n) is 11.2. The molecule has 7 heteroatoms. The third-order valence-electron chi connectivity index (χ3n) is 3.03. The fraction of sp³-hybridized carbons (Fsp3) is 0.143. The number of halogens is 1. The molecule has 0 saturated carbocycles. The van der Waals surface area contributed by atoms with Crippen molar-refractivity contribution in [2.24, 2.45) is 0 Å². The van der Waals surface area contributed by atoms with Crippen LogP contribution in [0.2, 0.25) is 5.02 Å². The first-order valence-electron chi connectivity index (χ1n) is 6.35. The number of nitrogens with zero attached hydrogens (tertiary/aromatic N) is 4. The van der Waals surface area contributed by atoms with Crippen molar-refractivity contribution in [2.75, 3.05) is 0 Å². The van der Waals surface area contributed by atoms with Crippen LogP contribution in [0.3, 0.4) is 0 Å². The van der Waals surface area contributed by atoms with Crippen molar-refractivity contribution in [1.29, 1.82) is 0 Å². The summed E-state index contributed by atoms with van der Waals surface area (Å²) in [5.74, 6) is 0.126. The van der Waals surface area contributed by atoms with E-state index in [9.17, 15) is 4.79 Å². The Morgan fingerprint density at radius 2 is 2.14 bits per heavy atom. The minimum Gasteiger partial charge on any atom is -0.345 e. The van der Waals surface area contributed by atoms with Crippen LogP contribution in [0.15, 0.2) is 36.5 Å². The van der Waals surface area contributed by atoms with E-state index in [4.69, 9.17) is 11.6 Å². The minimum absolute atomic E-state index is 0.0869. The normalized spacial score (nSPS) is 10.8. The van der Waals surface area contributed by atoms with E-state index >= 15 is 0 Å². The van der Waals surface area contributed by atoms with Gasteiger partial charge < -0.3 is 5.32 Å². The summed E-state index contributed by atoms with van der Waals surface area (Å²) in [7, 11) is 0. The summed E-state index contributed by atoms with van der Waals surface area (Å²) in [5.41, 5.74) is 1.70. The molecule has 0 aliphatic carbocycles. The van der Waals surface area contributed by atoms with E-state index in [1.807, 2.05) is 25.1 Å². The van der Waals surface area contributed by atoms with Gasteiger partial charge in [0.25, 0.3) is 11.7 Å². The Morgan fingerprint density at radius 3 is 2.90 bits per heavy atom. The molecule has 0 saturated heterocycles. The van der Waals surface area contributed by atoms with Gasteiger partial charge in [-0.2, -0.15) is 4.98 Å². The van der Waals surface area contributed by atoms with Crippen LogP contribution in [-0.4, -0.2) is 25.5 Å². The van der Waals surface area contributed by atoms with Gasteiger partial charge in [-0.15, -0.1) is 5.10 Å². The topological polar surface area (TPSA) is 72.2 Å². The average molecular weight is 302 g/mol. The first-order valence-corrected chi connectivity index (χ1v) is 6.73. The standard InChI is InChI=1S/C14H12ClN5O/c1-9-6-7-16-14-18-12(19-20(9)14)13(21)17-8-10-4-2-3-5-11(10)15/h2-7H,8H2,1H3,(H,17,21). The third kappa shape index (κ3) is 2.71. The van der Waals surface area contributed by atoms with Crippen molar-refractivity contribution < 1.29 is 4.79 Å². The molecular formula is C14H12ClN5O. The molecule has 0 bridgehead atoms. The molecule has 3 aromatic rings. The van der Waals surface area contributed by atoms with Crippen LogP contribution >= 0.6 is 11.6 Å². The van der Waals surface area contributed by atoms with Gasteiger partial charge in [-0.3, -0.25) is 4.79 Å². The molecule has 1 aromatic carbocycles. The molecule has 0 aliphatic rings. The second-order valence-corrected chi connectivity index (χ2v) is 4.91. The molecule has 2 aromatic heterocycles. The maximum Gasteiger partial charge on any atom is 0.291 e. The molecular weight excluding hydrogens is 290 g/mol. The Labute approximate surface area is 125 Å². The van der Waals surface area contributed by atoms with Crippen molar-refractivity contribution >= 4 is 23.3 Å². The van der Waals surface area contributed by atoms with E-state index in [0.29, 0.717) is 17.3 Å². The van der Waals surface area contributed by atoms with Crippen molar-refractivity contribution in [2.45, 2.75) is 13.5 Å². The summed E-state index contributed by atoms with van der Waals surface area (Å²) in [5, 5.41) is 7.50. The molecule has 0 atom stereocenters. The van der Waals surface area contributed by atoms with Gasteiger partial charge in [0, 0.05) is 23.5 Å². The van der Waals surface area contributed by atoms with E-state index in [-0.39, 0.29) is 11.7 Å². The lowest BCUT2D eigenvalue weighted by molar-refractivity contribution is 0.0941. The summed E-state index contributed by atoms with van der Waals surface area (Å²) in [6.45, 7) is 2.19. The van der Waals surface area contributed by atoms with Crippen LogP contribution in [-0.2, 0) is 6.54 Å². The van der Waals surface area contributed by atoms with Gasteiger partial charge in [0.05, 0.1) is 0 Å². The van der Waals surface area contributed by atoms with Crippen LogP contribution < -0.4 is 5.32 Å². The van der Waals surface area contributed by atoms with Gasteiger partial charge in [-0.25, -0.2) is 9.50 Å². The van der Waals surface area contributed by atoms with E-state index in [2.05, 4.69) is 20.4 Å². The van der Waals surface area contributed by atoms with Crippen molar-refractivity contribution in [3.8, 4) is 0 Å². The molecule has 0 spiro atoms. The monoisotopic (exact) mass is 301 g/mol. The Balaban J connectivity index is 1.78. The largest absolute Gasteiger partial charge is 0.345 e. The smallest absolute Gasteiger partial charge is 0.291 e. The maximum absolute atomic E-state index is 12.1. The fourth-order valence-electron chi connectivity index (χ4n) is 1.90. The lowest BCUT2D eigenvalue weighted by atomic mass is 10.2. The summed E-state index contributed by atoms with van der Waals surface area (Å²) in [6.07, 6.45) is 1.63. The SMILES string of the molecule is Cc1ccnc2nc(C(=O)NCc3ccccc3Cl)nn12. The number of fused-ring (bicyclic) bond motifs is 1. The van der Waals surface area contributed by atoms with E-state index in [1.54, 1.807) is 18.3 Å². The molecule has 0 fully saturated rings. The van der Waals surface area contributed by atoms with Crippen molar-refractivity contribution in [3.05, 3.63) is 58.6 Å². The van der Waals surface area contributed by atoms with Crippen LogP contribution in [0.1, 0.15) is 21.9 Å². The Bertz CT molecular complexity index is 814. The molecule has 0 radical (unpaired) electrons. The lowest BCUT2D eigenvalue weighted by Gasteiger charge is -2.04. The Morgan fingerprint density at radius 1 is 1.33 bits per heavy atom. The molecule has 106 valence electrons. The summed E-state index contributed by atoms with van der Waals surface area (Å²) in [4.78, 5) is 20.3. The fourth-order valence-corrected chi connectivity index (χ4v) is 2.10. The molecule has 1 N–H and O–H groups in total. The first kappa shape index (κ1) is 13.5. The number of carbonyl (C=O) groups is 1. The molecule has 1 amide bonds. The maximum atomic E-state index is 12.1. The molecule has 3 rings (SSSR count). The van der Waals surface area contributed by atoms with Gasteiger partial charge >= 0.3 is 0 Å². The Hall–Kier alpha value is -2.47. The number of hydrogen-bond donors (Lipinski definition) is 1. The zero-order chi connectivity index (χ0) is 14.8. The molecule has 0 aliphatic heterocycles. The highest BCUT2D eigenvalue weighted by Crippen LogP contribution is 2.14. The minimum atomic E-state index is -0.361. The van der Waals surface area contributed by atoms with Crippen LogP contribution in [0.5, 0.6) is 0 Å². The van der Waals surface area contributed by atoms with Crippen LogP contribution in [0, 0.1) is 6.92 Å². The van der Waals surface area contributed by atoms with Crippen molar-refractivity contribution in [1.82, 2.24) is 24.9 Å². The highest BCUT2D eigenvalue weighted by molar-refractivity contribution is 6.31. The predicted octanol–water partition coefficient (Wildman–Crippen LogP) is 2.02. The van der Waals surface area contributed by atoms with Crippen LogP contribution in [0.4, 0.5) is 0 Å². The number of aromatic nitrogens is 4. The van der Waals surface area contributed by atoms with E-state index in [1.165, 1.54) is 4.52 Å². The van der Waals surface area contributed by atoms with Crippen LogP contribution in [0.25, 0.3) is 5.78 Å². The predicted molar refractivity (Wildman–Crippen MR) is 78.1 cm³/mol. The number of aryl methyl sites for hydroxylation is 1. The quantitative estimate of drug-likeness (QED) is 0.803. The van der Waals surface area contributed by atoms with Crippen molar-refractivity contribution in [3.63, 3.8) is 0 Å². The number of hydrogen-bond acceptors (Lipinski definition) is 4. The van der Waals surface area contributed by atoms with E-state index in [0.717, 1.165) is 11.3 Å². The molecule has 6 nitrogen and oxygen atoms in total. The number of benzene rings is 1. The van der Waals surface area contributed by atoms with E-state index < -0.39 is 0 Å². The first-order chi connectivity index (χ1) is 10.1. The third-order valence-corrected chi connectivity index (χ3v) is 3.40. The lowest BCUT2D eigenvalue weighted by Crippen LogP contribution is -2.24. The Kier molecular flexibility index (Phi) is 3.53. The number of amides is 1. The summed E-state index contributed by atoms with van der Waals surface area (Å²) >= 11 is 6.04. The number of nitrogens with one attached hydrogen (secondary N) is 1. The van der Waals surface area contributed by atoms with Gasteiger partial charge in [-0.05, 0) is 24.6 Å². The highest BCUT2D eigenvalue weighted by Gasteiger charge is 2.14. The number of rotatable bonds is 3. The summed E-state index contributed by atoms with van der Waals surface area (Å²) < 4.78 is 1.53. The molecule has 21 heavy (non-hydrogen) atoms. The van der Waals surface area contributed by atoms with Gasteiger partial charge in [-0.1, -0.05) is 29.8 Å². The summed E-state index contributed by atoms with van der Waals surface area (Å²) in [6, 6.07) is 9.13. The highest BCUT2D eigenvalue weighted by atomic mass is 35.5. The second-order valence-electron chi connectivity index (χ2n) is 4.51. The molecule has 0 unspecified atom stereocenters. The van der Waals surface area contributed by atoms with Gasteiger partial charge in [0.2, 0.25) is 5.82 Å². The number of carbonyl (C=O) groups excluding carboxylic acids is 1. The second kappa shape index (κ2) is 5.49. The van der Waals surface area contributed by atoms with Gasteiger partial charge in [0.15, 0.2) is 0 Å².